The molecular formula is C21H16BrClN4O2. The molecule has 4 rings (SSSR count). The maximum absolute atomic E-state index is 12.7. The molecule has 1 heterocycles. The summed E-state index contributed by atoms with van der Waals surface area (Å²) < 4.78 is 6.19. The Hall–Kier alpha value is -2.90. The van der Waals surface area contributed by atoms with E-state index >= 15 is 0 Å². The minimum atomic E-state index is -0.287. The van der Waals surface area contributed by atoms with E-state index in [1.54, 1.807) is 30.3 Å². The third kappa shape index (κ3) is 4.11. The summed E-state index contributed by atoms with van der Waals surface area (Å²) in [6.45, 7) is 2.45. The van der Waals surface area contributed by atoms with Gasteiger partial charge in [0, 0.05) is 5.56 Å². The van der Waals surface area contributed by atoms with Crippen LogP contribution in [0.2, 0.25) is 5.02 Å². The summed E-state index contributed by atoms with van der Waals surface area (Å²) in [7, 11) is 0. The van der Waals surface area contributed by atoms with E-state index in [0.717, 1.165) is 5.69 Å². The summed E-state index contributed by atoms with van der Waals surface area (Å²) in [6, 6.07) is 18.1. The van der Waals surface area contributed by atoms with Gasteiger partial charge in [-0.3, -0.25) is 4.79 Å². The number of benzene rings is 3. The zero-order valence-corrected chi connectivity index (χ0v) is 17.7. The lowest BCUT2D eigenvalue weighted by Gasteiger charge is -2.09. The first-order chi connectivity index (χ1) is 14.0. The first-order valence-corrected chi connectivity index (χ1v) is 10.1. The van der Waals surface area contributed by atoms with Gasteiger partial charge in [-0.15, -0.1) is 10.2 Å². The summed E-state index contributed by atoms with van der Waals surface area (Å²) in [4.78, 5) is 14.2. The van der Waals surface area contributed by atoms with E-state index in [4.69, 9.17) is 16.3 Å². The fourth-order valence-corrected chi connectivity index (χ4v) is 3.52. The number of rotatable bonds is 5. The molecule has 3 aromatic carbocycles. The fourth-order valence-electron chi connectivity index (χ4n) is 2.82. The molecule has 0 saturated carbocycles. The largest absolute Gasteiger partial charge is 0.493 e. The van der Waals surface area contributed by atoms with Crippen molar-refractivity contribution in [2.75, 3.05) is 11.9 Å². The second kappa shape index (κ2) is 8.23. The van der Waals surface area contributed by atoms with Crippen LogP contribution in [0.4, 0.5) is 5.69 Å². The van der Waals surface area contributed by atoms with Gasteiger partial charge in [0.15, 0.2) is 0 Å². The highest BCUT2D eigenvalue weighted by Gasteiger charge is 2.14. The first-order valence-electron chi connectivity index (χ1n) is 8.91. The summed E-state index contributed by atoms with van der Waals surface area (Å²) in [6.07, 6.45) is 0. The number of nitrogens with zero attached hydrogens (tertiary/aromatic N) is 3. The van der Waals surface area contributed by atoms with E-state index in [9.17, 15) is 4.79 Å². The zero-order chi connectivity index (χ0) is 20.4. The van der Waals surface area contributed by atoms with Crippen molar-refractivity contribution < 1.29 is 9.53 Å². The van der Waals surface area contributed by atoms with Crippen molar-refractivity contribution in [3.8, 4) is 11.4 Å². The van der Waals surface area contributed by atoms with Gasteiger partial charge in [0.1, 0.15) is 16.8 Å². The summed E-state index contributed by atoms with van der Waals surface area (Å²) in [5, 5.41) is 12.2. The van der Waals surface area contributed by atoms with E-state index in [2.05, 4.69) is 31.4 Å². The Kier molecular flexibility index (Phi) is 5.51. The van der Waals surface area contributed by atoms with E-state index in [-0.39, 0.29) is 5.91 Å². The number of aromatic nitrogens is 3. The van der Waals surface area contributed by atoms with Crippen LogP contribution in [0.5, 0.6) is 5.75 Å². The van der Waals surface area contributed by atoms with Gasteiger partial charge in [-0.2, -0.15) is 4.80 Å². The maximum atomic E-state index is 12.7. The Morgan fingerprint density at radius 1 is 1.10 bits per heavy atom. The lowest BCUT2D eigenvalue weighted by atomic mass is 10.2. The number of ether oxygens (including phenoxy) is 1. The average molecular weight is 472 g/mol. The SMILES string of the molecule is CCOc1ccc(C(=O)Nc2cc3nn(-c4ccccc4)nc3cc2Cl)cc1Br. The van der Waals surface area contributed by atoms with Gasteiger partial charge >= 0.3 is 0 Å². The number of anilines is 1. The summed E-state index contributed by atoms with van der Waals surface area (Å²) in [5.41, 5.74) is 3.05. The molecule has 1 amide bonds. The van der Waals surface area contributed by atoms with E-state index in [0.29, 0.717) is 44.1 Å². The third-order valence-corrected chi connectivity index (χ3v) is 5.13. The highest BCUT2D eigenvalue weighted by atomic mass is 79.9. The molecule has 0 atom stereocenters. The van der Waals surface area contributed by atoms with E-state index in [1.807, 2.05) is 37.3 Å². The van der Waals surface area contributed by atoms with Gasteiger partial charge in [0.05, 0.1) is 27.5 Å². The van der Waals surface area contributed by atoms with E-state index in [1.165, 1.54) is 4.80 Å². The number of para-hydroxylation sites is 1. The molecule has 4 aromatic rings. The fraction of sp³-hybridized carbons (Fsp3) is 0.0952. The Balaban J connectivity index is 1.61. The van der Waals surface area contributed by atoms with Crippen LogP contribution in [0.1, 0.15) is 17.3 Å². The molecule has 0 bridgehead atoms. The number of hydrogen-bond donors (Lipinski definition) is 1. The van der Waals surface area contributed by atoms with Crippen LogP contribution in [0.25, 0.3) is 16.7 Å². The number of carbonyl (C=O) groups is 1. The molecule has 6 nitrogen and oxygen atoms in total. The predicted octanol–water partition coefficient (Wildman–Crippen LogP) is 5.49. The quantitative estimate of drug-likeness (QED) is 0.418. The second-order valence-electron chi connectivity index (χ2n) is 6.18. The van der Waals surface area contributed by atoms with Crippen LogP contribution in [0, 0.1) is 0 Å². The molecular weight excluding hydrogens is 456 g/mol. The Bertz CT molecular complexity index is 1190. The Labute approximate surface area is 180 Å². The first kappa shape index (κ1) is 19.4. The molecule has 0 unspecified atom stereocenters. The Morgan fingerprint density at radius 2 is 1.83 bits per heavy atom. The van der Waals surface area contributed by atoms with Gasteiger partial charge < -0.3 is 10.1 Å². The molecule has 8 heteroatoms. The molecule has 29 heavy (non-hydrogen) atoms. The van der Waals surface area contributed by atoms with Gasteiger partial charge in [-0.05, 0) is 65.3 Å². The summed E-state index contributed by atoms with van der Waals surface area (Å²) >= 11 is 9.79. The van der Waals surface area contributed by atoms with Crippen molar-refractivity contribution >= 4 is 50.2 Å². The number of fused-ring (bicyclic) bond motifs is 1. The van der Waals surface area contributed by atoms with Crippen LogP contribution in [0.3, 0.4) is 0 Å². The van der Waals surface area contributed by atoms with Gasteiger partial charge in [0.2, 0.25) is 0 Å². The third-order valence-electron chi connectivity index (χ3n) is 4.20. The highest BCUT2D eigenvalue weighted by molar-refractivity contribution is 9.10. The van der Waals surface area contributed by atoms with Crippen molar-refractivity contribution in [3.63, 3.8) is 0 Å². The molecule has 0 spiro atoms. The minimum absolute atomic E-state index is 0.287. The van der Waals surface area contributed by atoms with Gasteiger partial charge in [0.25, 0.3) is 5.91 Å². The molecule has 0 radical (unpaired) electrons. The van der Waals surface area contributed by atoms with Crippen molar-refractivity contribution in [1.29, 1.82) is 0 Å². The molecule has 0 aliphatic heterocycles. The van der Waals surface area contributed by atoms with Crippen LogP contribution in [0.15, 0.2) is 65.1 Å². The normalized spacial score (nSPS) is 10.9. The Morgan fingerprint density at radius 3 is 2.52 bits per heavy atom. The molecule has 1 aromatic heterocycles. The number of carbonyl (C=O) groups excluding carboxylic acids is 1. The molecule has 0 aliphatic rings. The summed E-state index contributed by atoms with van der Waals surface area (Å²) in [5.74, 6) is 0.395. The minimum Gasteiger partial charge on any atom is -0.493 e. The molecule has 0 saturated heterocycles. The monoisotopic (exact) mass is 470 g/mol. The predicted molar refractivity (Wildman–Crippen MR) is 117 cm³/mol. The number of nitrogens with one attached hydrogen (secondary N) is 1. The van der Waals surface area contributed by atoms with Crippen LogP contribution in [-0.4, -0.2) is 27.5 Å². The lowest BCUT2D eigenvalue weighted by Crippen LogP contribution is -2.12. The lowest BCUT2D eigenvalue weighted by molar-refractivity contribution is 0.102. The van der Waals surface area contributed by atoms with Crippen molar-refractivity contribution in [2.45, 2.75) is 6.92 Å². The number of hydrogen-bond acceptors (Lipinski definition) is 4. The number of amides is 1. The average Bonchev–Trinajstić information content (AvgIpc) is 3.13. The van der Waals surface area contributed by atoms with Crippen molar-refractivity contribution in [1.82, 2.24) is 15.0 Å². The molecule has 1 N–H and O–H groups in total. The smallest absolute Gasteiger partial charge is 0.255 e. The maximum Gasteiger partial charge on any atom is 0.255 e. The highest BCUT2D eigenvalue weighted by Crippen LogP contribution is 2.29. The van der Waals surface area contributed by atoms with Gasteiger partial charge in [-0.1, -0.05) is 29.8 Å². The zero-order valence-electron chi connectivity index (χ0n) is 15.4. The van der Waals surface area contributed by atoms with Crippen LogP contribution < -0.4 is 10.1 Å². The van der Waals surface area contributed by atoms with Crippen molar-refractivity contribution in [2.24, 2.45) is 0 Å². The molecule has 0 fully saturated rings. The molecule has 146 valence electrons. The van der Waals surface area contributed by atoms with Gasteiger partial charge in [-0.25, -0.2) is 0 Å². The number of halogens is 2. The topological polar surface area (TPSA) is 69.0 Å². The van der Waals surface area contributed by atoms with Crippen molar-refractivity contribution in [3.05, 3.63) is 75.7 Å². The van der Waals surface area contributed by atoms with Crippen LogP contribution in [-0.2, 0) is 0 Å². The molecule has 0 aliphatic carbocycles. The second-order valence-corrected chi connectivity index (χ2v) is 7.44. The standard InChI is InChI=1S/C21H16BrClN4O2/c1-2-29-20-9-8-13(10-15(20)22)21(28)24-17-12-19-18(11-16(17)23)25-27(26-19)14-6-4-3-5-7-14/h3-12H,2H2,1H3,(H,24,28). The van der Waals surface area contributed by atoms with E-state index < -0.39 is 0 Å². The van der Waals surface area contributed by atoms with Crippen LogP contribution >= 0.6 is 27.5 Å².